The number of para-hydroxylation sites is 1. The van der Waals surface area contributed by atoms with E-state index in [1.54, 1.807) is 0 Å². The van der Waals surface area contributed by atoms with E-state index in [9.17, 15) is 0 Å². The van der Waals surface area contributed by atoms with Crippen LogP contribution in [0.15, 0.2) is 36.7 Å². The maximum Gasteiger partial charge on any atom is 0.0527 e. The Morgan fingerprint density at radius 1 is 1.33 bits per heavy atom. The van der Waals surface area contributed by atoms with Gasteiger partial charge in [-0.3, -0.25) is 4.68 Å². The summed E-state index contributed by atoms with van der Waals surface area (Å²) in [5.41, 5.74) is 2.24. The fraction of sp³-hybridized carbons (Fsp3) is 0.250. The Morgan fingerprint density at radius 2 is 2.13 bits per heavy atom. The van der Waals surface area contributed by atoms with Gasteiger partial charge in [0, 0.05) is 26.3 Å². The van der Waals surface area contributed by atoms with Gasteiger partial charge in [0.2, 0.25) is 0 Å². The maximum atomic E-state index is 4.29. The van der Waals surface area contributed by atoms with E-state index in [1.165, 1.54) is 5.56 Å². The molecular weight excluding hydrogens is 364 g/mol. The van der Waals surface area contributed by atoms with E-state index in [1.807, 2.05) is 35.1 Å². The van der Waals surface area contributed by atoms with Gasteiger partial charge in [-0.05, 0) is 17.2 Å². The molecule has 15 heavy (non-hydrogen) atoms. The Bertz CT molecular complexity index is 407. The Hall–Kier alpha value is -0.921. The first-order valence-electron chi connectivity index (χ1n) is 4.79. The van der Waals surface area contributed by atoms with Crippen LogP contribution in [0, 0.1) is 6.07 Å². The molecule has 2 nitrogen and oxygen atoms in total. The smallest absolute Gasteiger partial charge is 0.0527 e. The van der Waals surface area contributed by atoms with Gasteiger partial charge < -0.3 is 0 Å². The van der Waals surface area contributed by atoms with Crippen molar-refractivity contribution in [1.29, 1.82) is 0 Å². The topological polar surface area (TPSA) is 17.8 Å². The van der Waals surface area contributed by atoms with E-state index >= 15 is 0 Å². The predicted molar refractivity (Wildman–Crippen MR) is 56.5 cm³/mol. The van der Waals surface area contributed by atoms with Gasteiger partial charge >= 0.3 is 0 Å². The molecule has 1 radical (unpaired) electrons. The molecule has 2 rings (SSSR count). The van der Waals surface area contributed by atoms with Gasteiger partial charge in [0.1, 0.15) is 0 Å². The van der Waals surface area contributed by atoms with Gasteiger partial charge in [0.05, 0.1) is 6.20 Å². The molecule has 0 bridgehead atoms. The summed E-state index contributed by atoms with van der Waals surface area (Å²) in [6.07, 6.45) is 3.96. The van der Waals surface area contributed by atoms with Crippen LogP contribution in [-0.2, 0) is 20.1 Å². The van der Waals surface area contributed by atoms with Gasteiger partial charge in [0.15, 0.2) is 0 Å². The van der Waals surface area contributed by atoms with E-state index in [2.05, 4.69) is 31.2 Å². The third kappa shape index (κ3) is 2.77. The van der Waals surface area contributed by atoms with Crippen molar-refractivity contribution in [2.24, 2.45) is 0 Å². The van der Waals surface area contributed by atoms with Crippen LogP contribution in [0.2, 0.25) is 0 Å². The third-order valence-electron chi connectivity index (χ3n) is 2.21. The van der Waals surface area contributed by atoms with Crippen LogP contribution in [0.1, 0.15) is 25.3 Å². The summed E-state index contributed by atoms with van der Waals surface area (Å²) >= 11 is 0. The Kier molecular flexibility index (Phi) is 4.25. The maximum absolute atomic E-state index is 4.29. The fourth-order valence-corrected chi connectivity index (χ4v) is 1.29. The summed E-state index contributed by atoms with van der Waals surface area (Å²) in [4.78, 5) is 0. The summed E-state index contributed by atoms with van der Waals surface area (Å²) in [6.45, 7) is 4.33. The van der Waals surface area contributed by atoms with E-state index < -0.39 is 0 Å². The normalized spacial score (nSPS) is 10.1. The molecule has 0 saturated carbocycles. The molecule has 0 saturated heterocycles. The van der Waals surface area contributed by atoms with Crippen LogP contribution in [0.3, 0.4) is 0 Å². The van der Waals surface area contributed by atoms with Crippen LogP contribution in [-0.4, -0.2) is 9.78 Å². The Labute approximate surface area is 104 Å². The molecule has 0 spiro atoms. The van der Waals surface area contributed by atoms with Crippen molar-refractivity contribution in [2.75, 3.05) is 0 Å². The predicted octanol–water partition coefficient (Wildman–Crippen LogP) is 2.79. The number of nitrogens with zero attached hydrogens (tertiary/aromatic N) is 2. The van der Waals surface area contributed by atoms with Gasteiger partial charge in [-0.1, -0.05) is 13.8 Å². The van der Waals surface area contributed by atoms with Crippen LogP contribution < -0.4 is 0 Å². The molecule has 3 heteroatoms. The molecule has 0 aliphatic carbocycles. The fourth-order valence-electron chi connectivity index (χ4n) is 1.29. The summed E-state index contributed by atoms with van der Waals surface area (Å²) in [7, 11) is 0. The molecule has 1 aromatic carbocycles. The van der Waals surface area contributed by atoms with Crippen LogP contribution in [0.5, 0.6) is 0 Å². The first-order valence-corrected chi connectivity index (χ1v) is 4.79. The van der Waals surface area contributed by atoms with Gasteiger partial charge in [-0.25, -0.2) is 0 Å². The molecule has 1 aromatic heterocycles. The zero-order chi connectivity index (χ0) is 9.97. The minimum absolute atomic E-state index is 0. The molecule has 81 valence electrons. The van der Waals surface area contributed by atoms with Crippen LogP contribution in [0.25, 0.3) is 5.69 Å². The molecule has 2 aromatic rings. The van der Waals surface area contributed by atoms with Crippen LogP contribution in [0.4, 0.5) is 0 Å². The van der Waals surface area contributed by atoms with Crippen molar-refractivity contribution in [3.63, 3.8) is 0 Å². The average Bonchev–Trinajstić information content (AvgIpc) is 2.68. The first-order chi connectivity index (χ1) is 6.77. The number of hydrogen-bond donors (Lipinski definition) is 0. The molecule has 0 fully saturated rings. The van der Waals surface area contributed by atoms with Crippen molar-refractivity contribution in [1.82, 2.24) is 9.78 Å². The number of benzene rings is 1. The average molecular weight is 377 g/mol. The first kappa shape index (κ1) is 12.2. The van der Waals surface area contributed by atoms with Crippen molar-refractivity contribution < 1.29 is 20.1 Å². The largest absolute Gasteiger partial charge is 0.265 e. The quantitative estimate of drug-likeness (QED) is 0.736. The van der Waals surface area contributed by atoms with E-state index in [4.69, 9.17) is 0 Å². The Balaban J connectivity index is 0.00000112. The SMILES string of the molecule is CC(C)c1cnn(-c2[c-]cccc2)c1.[Ir]. The second kappa shape index (κ2) is 5.24. The molecule has 0 aliphatic rings. The van der Waals surface area contributed by atoms with Crippen molar-refractivity contribution in [3.8, 4) is 5.69 Å². The van der Waals surface area contributed by atoms with Gasteiger partial charge in [-0.15, -0.1) is 6.07 Å². The molecule has 1 heterocycles. The number of hydrogen-bond acceptors (Lipinski definition) is 1. The Morgan fingerprint density at radius 3 is 2.67 bits per heavy atom. The van der Waals surface area contributed by atoms with Gasteiger partial charge in [0.25, 0.3) is 0 Å². The molecular formula is C12H13IrN2-. The van der Waals surface area contributed by atoms with Crippen molar-refractivity contribution in [3.05, 3.63) is 48.3 Å². The molecule has 0 N–H and O–H groups in total. The third-order valence-corrected chi connectivity index (χ3v) is 2.21. The number of aromatic nitrogens is 2. The van der Waals surface area contributed by atoms with Gasteiger partial charge in [-0.2, -0.15) is 29.4 Å². The summed E-state index contributed by atoms with van der Waals surface area (Å²) in [6, 6.07) is 11.0. The molecule has 0 unspecified atom stereocenters. The van der Waals surface area contributed by atoms with Crippen molar-refractivity contribution in [2.45, 2.75) is 19.8 Å². The second-order valence-corrected chi connectivity index (χ2v) is 3.62. The zero-order valence-electron chi connectivity index (χ0n) is 8.77. The number of rotatable bonds is 2. The zero-order valence-corrected chi connectivity index (χ0v) is 11.2. The summed E-state index contributed by atoms with van der Waals surface area (Å²) < 4.78 is 1.86. The molecule has 0 aliphatic heterocycles. The summed E-state index contributed by atoms with van der Waals surface area (Å²) in [5, 5.41) is 4.29. The van der Waals surface area contributed by atoms with E-state index in [-0.39, 0.29) is 20.1 Å². The summed E-state index contributed by atoms with van der Waals surface area (Å²) in [5.74, 6) is 0.521. The second-order valence-electron chi connectivity index (χ2n) is 3.62. The molecule has 0 atom stereocenters. The van der Waals surface area contributed by atoms with E-state index in [0.29, 0.717) is 5.92 Å². The van der Waals surface area contributed by atoms with Crippen molar-refractivity contribution >= 4 is 0 Å². The monoisotopic (exact) mass is 378 g/mol. The minimum Gasteiger partial charge on any atom is -0.265 e. The standard InChI is InChI=1S/C12H13N2.Ir/c1-10(2)11-8-13-14(9-11)12-6-4-3-5-7-12;/h3-6,8-10H,1-2H3;/q-1;. The van der Waals surface area contributed by atoms with E-state index in [0.717, 1.165) is 5.69 Å². The minimum atomic E-state index is 0. The van der Waals surface area contributed by atoms with Crippen LogP contribution >= 0.6 is 0 Å². The molecule has 0 amide bonds.